The van der Waals surface area contributed by atoms with Crippen molar-refractivity contribution in [1.29, 1.82) is 0 Å². The van der Waals surface area contributed by atoms with Crippen LogP contribution in [0.4, 0.5) is 5.69 Å². The lowest BCUT2D eigenvalue weighted by Crippen LogP contribution is -2.47. The van der Waals surface area contributed by atoms with Gasteiger partial charge >= 0.3 is 0 Å². The molecule has 1 aromatic rings. The molecule has 1 amide bonds. The Hall–Kier alpha value is -1.22. The molecule has 0 unspecified atom stereocenters. The zero-order chi connectivity index (χ0) is 14.0. The van der Waals surface area contributed by atoms with Crippen LogP contribution < -0.4 is 0 Å². The number of hydrogen-bond donors (Lipinski definition) is 0. The number of hydrogen-bond acceptors (Lipinski definition) is 4. The van der Waals surface area contributed by atoms with Crippen LogP contribution >= 0.6 is 22.6 Å². The van der Waals surface area contributed by atoms with E-state index in [0.717, 1.165) is 13.1 Å². The van der Waals surface area contributed by atoms with E-state index in [-0.39, 0.29) is 11.6 Å². The summed E-state index contributed by atoms with van der Waals surface area (Å²) in [5, 5.41) is 10.7. The van der Waals surface area contributed by atoms with Gasteiger partial charge in [-0.2, -0.15) is 0 Å². The number of non-ortho nitro benzene ring substituents is 1. The number of benzene rings is 1. The van der Waals surface area contributed by atoms with E-state index in [4.69, 9.17) is 0 Å². The van der Waals surface area contributed by atoms with Gasteiger partial charge in [0.2, 0.25) is 0 Å². The molecule has 0 saturated carbocycles. The maximum Gasteiger partial charge on any atom is 0.270 e. The van der Waals surface area contributed by atoms with Crippen LogP contribution in [0.15, 0.2) is 18.2 Å². The first-order chi connectivity index (χ1) is 8.99. The van der Waals surface area contributed by atoms with Gasteiger partial charge in [-0.15, -0.1) is 0 Å². The highest BCUT2D eigenvalue weighted by molar-refractivity contribution is 14.1. The Morgan fingerprint density at radius 2 is 1.95 bits per heavy atom. The number of halogens is 1. The van der Waals surface area contributed by atoms with Crippen LogP contribution in [0.25, 0.3) is 0 Å². The summed E-state index contributed by atoms with van der Waals surface area (Å²) in [6, 6.07) is 4.36. The molecule has 1 heterocycles. The van der Waals surface area contributed by atoms with Crippen LogP contribution in [0, 0.1) is 13.7 Å². The smallest absolute Gasteiger partial charge is 0.270 e. The number of rotatable bonds is 2. The quantitative estimate of drug-likeness (QED) is 0.447. The number of nitro benzene ring substituents is 1. The minimum absolute atomic E-state index is 0.0133. The molecule has 1 fully saturated rings. The number of likely N-dealkylation sites (N-methyl/N-ethyl adjacent to an activating group) is 1. The van der Waals surface area contributed by atoms with Crippen LogP contribution in [0.3, 0.4) is 0 Å². The summed E-state index contributed by atoms with van der Waals surface area (Å²) in [4.78, 5) is 26.5. The van der Waals surface area contributed by atoms with Gasteiger partial charge in [-0.25, -0.2) is 0 Å². The first kappa shape index (κ1) is 14.2. The van der Waals surface area contributed by atoms with Crippen LogP contribution in [-0.2, 0) is 0 Å². The lowest BCUT2D eigenvalue weighted by atomic mass is 10.1. The van der Waals surface area contributed by atoms with E-state index in [1.165, 1.54) is 12.1 Å². The first-order valence-electron chi connectivity index (χ1n) is 5.91. The van der Waals surface area contributed by atoms with E-state index in [9.17, 15) is 14.9 Å². The number of amides is 1. The van der Waals surface area contributed by atoms with Gasteiger partial charge in [0.15, 0.2) is 0 Å². The Kier molecular flexibility index (Phi) is 4.35. The van der Waals surface area contributed by atoms with E-state index >= 15 is 0 Å². The van der Waals surface area contributed by atoms with Crippen LogP contribution in [0.1, 0.15) is 10.4 Å². The predicted molar refractivity (Wildman–Crippen MR) is 79.2 cm³/mol. The fourth-order valence-electron chi connectivity index (χ4n) is 1.97. The number of piperazine rings is 1. The molecule has 0 atom stereocenters. The van der Waals surface area contributed by atoms with Gasteiger partial charge in [-0.3, -0.25) is 14.9 Å². The van der Waals surface area contributed by atoms with E-state index in [2.05, 4.69) is 4.90 Å². The van der Waals surface area contributed by atoms with Crippen molar-refractivity contribution in [3.05, 3.63) is 37.4 Å². The molecule has 0 aliphatic carbocycles. The highest BCUT2D eigenvalue weighted by Gasteiger charge is 2.22. The van der Waals surface area contributed by atoms with Crippen molar-refractivity contribution in [1.82, 2.24) is 9.80 Å². The number of carbonyl (C=O) groups excluding carboxylic acids is 1. The maximum atomic E-state index is 12.3. The molecular weight excluding hydrogens is 361 g/mol. The number of carbonyl (C=O) groups is 1. The summed E-state index contributed by atoms with van der Waals surface area (Å²) in [6.07, 6.45) is 0. The molecule has 0 aromatic heterocycles. The molecule has 7 heteroatoms. The summed E-state index contributed by atoms with van der Waals surface area (Å²) in [5.74, 6) is -0.0487. The third-order valence-electron chi connectivity index (χ3n) is 3.18. The number of nitro groups is 1. The lowest BCUT2D eigenvalue weighted by molar-refractivity contribution is -0.384. The van der Waals surface area contributed by atoms with Crippen LogP contribution in [0.2, 0.25) is 0 Å². The molecular formula is C12H14IN3O3. The second-order valence-electron chi connectivity index (χ2n) is 4.52. The SMILES string of the molecule is CN1CCN(C(=O)c2ccc([N+](=O)[O-])cc2I)CC1. The van der Waals surface area contributed by atoms with Gasteiger partial charge in [0.25, 0.3) is 11.6 Å². The molecule has 0 N–H and O–H groups in total. The monoisotopic (exact) mass is 375 g/mol. The summed E-state index contributed by atoms with van der Waals surface area (Å²) in [6.45, 7) is 3.11. The van der Waals surface area contributed by atoms with Gasteiger partial charge < -0.3 is 9.80 Å². The van der Waals surface area contributed by atoms with Crippen molar-refractivity contribution < 1.29 is 9.72 Å². The second kappa shape index (κ2) is 5.83. The molecule has 6 nitrogen and oxygen atoms in total. The average molecular weight is 375 g/mol. The fraction of sp³-hybridized carbons (Fsp3) is 0.417. The summed E-state index contributed by atoms with van der Waals surface area (Å²) in [7, 11) is 2.03. The Morgan fingerprint density at radius 1 is 1.32 bits per heavy atom. The van der Waals surface area contributed by atoms with Crippen molar-refractivity contribution in [2.24, 2.45) is 0 Å². The molecule has 1 aliphatic heterocycles. The molecule has 0 spiro atoms. The summed E-state index contributed by atoms with van der Waals surface area (Å²) in [5.41, 5.74) is 0.551. The van der Waals surface area contributed by atoms with Crippen LogP contribution in [0.5, 0.6) is 0 Å². The predicted octanol–water partition coefficient (Wildman–Crippen LogP) is 1.59. The number of nitrogens with zero attached hydrogens (tertiary/aromatic N) is 3. The van der Waals surface area contributed by atoms with Crippen molar-refractivity contribution in [3.8, 4) is 0 Å². The molecule has 1 saturated heterocycles. The molecule has 0 radical (unpaired) electrons. The molecule has 1 aliphatic rings. The van der Waals surface area contributed by atoms with Gasteiger partial charge in [0.05, 0.1) is 10.5 Å². The van der Waals surface area contributed by atoms with Gasteiger partial charge in [-0.05, 0) is 35.7 Å². The van der Waals surface area contributed by atoms with Crippen LogP contribution in [-0.4, -0.2) is 53.9 Å². The topological polar surface area (TPSA) is 66.7 Å². The minimum atomic E-state index is -0.452. The largest absolute Gasteiger partial charge is 0.336 e. The van der Waals surface area contributed by atoms with E-state index in [1.54, 1.807) is 11.0 Å². The standard InChI is InChI=1S/C12H14IN3O3/c1-14-4-6-15(7-5-14)12(17)10-3-2-9(16(18)19)8-11(10)13/h2-3,8H,4-7H2,1H3. The fourth-order valence-corrected chi connectivity index (χ4v) is 2.70. The third kappa shape index (κ3) is 3.21. The Balaban J connectivity index is 2.17. The summed E-state index contributed by atoms with van der Waals surface area (Å²) < 4.78 is 0.621. The normalized spacial score (nSPS) is 16.4. The molecule has 2 rings (SSSR count). The van der Waals surface area contributed by atoms with Gasteiger partial charge in [0, 0.05) is 41.9 Å². The van der Waals surface area contributed by atoms with Crippen molar-refractivity contribution in [2.45, 2.75) is 0 Å². The summed E-state index contributed by atoms with van der Waals surface area (Å²) >= 11 is 1.97. The average Bonchev–Trinajstić information content (AvgIpc) is 2.38. The zero-order valence-electron chi connectivity index (χ0n) is 10.5. The Labute approximate surface area is 124 Å². The van der Waals surface area contributed by atoms with E-state index in [0.29, 0.717) is 22.2 Å². The van der Waals surface area contributed by atoms with Crippen molar-refractivity contribution in [2.75, 3.05) is 33.2 Å². The lowest BCUT2D eigenvalue weighted by Gasteiger charge is -2.32. The van der Waals surface area contributed by atoms with Crippen molar-refractivity contribution in [3.63, 3.8) is 0 Å². The molecule has 1 aromatic carbocycles. The first-order valence-corrected chi connectivity index (χ1v) is 6.98. The highest BCUT2D eigenvalue weighted by Crippen LogP contribution is 2.21. The zero-order valence-corrected chi connectivity index (χ0v) is 12.7. The molecule has 19 heavy (non-hydrogen) atoms. The van der Waals surface area contributed by atoms with Gasteiger partial charge in [0.1, 0.15) is 0 Å². The van der Waals surface area contributed by atoms with Crippen molar-refractivity contribution >= 4 is 34.2 Å². The highest BCUT2D eigenvalue weighted by atomic mass is 127. The van der Waals surface area contributed by atoms with Gasteiger partial charge in [-0.1, -0.05) is 0 Å². The minimum Gasteiger partial charge on any atom is -0.336 e. The van der Waals surface area contributed by atoms with E-state index < -0.39 is 4.92 Å². The molecule has 102 valence electrons. The maximum absolute atomic E-state index is 12.3. The Bertz CT molecular complexity index is 513. The second-order valence-corrected chi connectivity index (χ2v) is 5.68. The van der Waals surface area contributed by atoms with E-state index in [1.807, 2.05) is 29.6 Å². The molecule has 0 bridgehead atoms. The third-order valence-corrected chi connectivity index (χ3v) is 4.08. The Morgan fingerprint density at radius 3 is 2.47 bits per heavy atom.